The van der Waals surface area contributed by atoms with E-state index in [1.807, 2.05) is 16.8 Å². The Labute approximate surface area is 142 Å². The van der Waals surface area contributed by atoms with Crippen LogP contribution >= 0.6 is 38.6 Å². The molecule has 0 aliphatic heterocycles. The zero-order valence-electron chi connectivity index (χ0n) is 11.2. The Hall–Kier alpha value is -1.51. The number of hydrogen-bond donors (Lipinski definition) is 1. The number of aromatic nitrogens is 2. The van der Waals surface area contributed by atoms with Crippen LogP contribution in [0.2, 0.25) is 0 Å². The molecule has 0 radical (unpaired) electrons. The number of amides is 1. The fourth-order valence-corrected chi connectivity index (χ4v) is 4.12. The molecule has 3 heterocycles. The number of rotatable bonds is 4. The molecule has 5 nitrogen and oxygen atoms in total. The minimum absolute atomic E-state index is 0.141. The molecule has 1 amide bonds. The lowest BCUT2D eigenvalue weighted by Gasteiger charge is -2.02. The fourth-order valence-electron chi connectivity index (χ4n) is 2.02. The van der Waals surface area contributed by atoms with Crippen molar-refractivity contribution >= 4 is 50.2 Å². The van der Waals surface area contributed by atoms with Gasteiger partial charge in [0.15, 0.2) is 5.82 Å². The van der Waals surface area contributed by atoms with E-state index in [0.717, 1.165) is 28.0 Å². The van der Waals surface area contributed by atoms with Gasteiger partial charge in [0.2, 0.25) is 0 Å². The normalized spacial score (nSPS) is 14.2. The predicted molar refractivity (Wildman–Crippen MR) is 89.6 cm³/mol. The quantitative estimate of drug-likeness (QED) is 0.691. The van der Waals surface area contributed by atoms with Crippen LogP contribution in [0.4, 0.5) is 5.69 Å². The molecule has 1 fully saturated rings. The molecule has 0 bridgehead atoms. The van der Waals surface area contributed by atoms with Crippen molar-refractivity contribution in [2.24, 2.45) is 0 Å². The lowest BCUT2D eigenvalue weighted by molar-refractivity contribution is 0.103. The van der Waals surface area contributed by atoms with Crippen molar-refractivity contribution in [3.63, 3.8) is 0 Å². The molecule has 4 rings (SSSR count). The van der Waals surface area contributed by atoms with Crippen LogP contribution in [-0.2, 0) is 0 Å². The number of hydrogen-bond acceptors (Lipinski definition) is 6. The highest BCUT2D eigenvalue weighted by Gasteiger charge is 2.29. The van der Waals surface area contributed by atoms with Crippen molar-refractivity contribution in [2.45, 2.75) is 18.8 Å². The summed E-state index contributed by atoms with van der Waals surface area (Å²) in [6.45, 7) is 0. The van der Waals surface area contributed by atoms with Gasteiger partial charge in [-0.05, 0) is 46.3 Å². The summed E-state index contributed by atoms with van der Waals surface area (Å²) in [5, 5.41) is 10.7. The van der Waals surface area contributed by atoms with Gasteiger partial charge in [0.05, 0.1) is 10.6 Å². The Morgan fingerprint density at radius 1 is 1.41 bits per heavy atom. The van der Waals surface area contributed by atoms with Crippen molar-refractivity contribution in [1.29, 1.82) is 0 Å². The van der Waals surface area contributed by atoms with E-state index < -0.39 is 0 Å². The topological polar surface area (TPSA) is 68.0 Å². The maximum absolute atomic E-state index is 12.2. The van der Waals surface area contributed by atoms with Gasteiger partial charge in [-0.25, -0.2) is 0 Å². The Morgan fingerprint density at radius 2 is 2.27 bits per heavy atom. The van der Waals surface area contributed by atoms with Gasteiger partial charge in [-0.1, -0.05) is 5.16 Å². The predicted octanol–water partition coefficient (Wildman–Crippen LogP) is 4.75. The van der Waals surface area contributed by atoms with E-state index >= 15 is 0 Å². The molecule has 0 spiro atoms. The molecule has 22 heavy (non-hydrogen) atoms. The first kappa shape index (κ1) is 14.1. The van der Waals surface area contributed by atoms with Crippen molar-refractivity contribution in [2.75, 3.05) is 5.32 Å². The second-order valence-electron chi connectivity index (χ2n) is 4.98. The van der Waals surface area contributed by atoms with Gasteiger partial charge in [-0.15, -0.1) is 22.7 Å². The van der Waals surface area contributed by atoms with Gasteiger partial charge in [-0.3, -0.25) is 4.79 Å². The molecule has 3 aromatic heterocycles. The Balaban J connectivity index is 1.57. The van der Waals surface area contributed by atoms with Gasteiger partial charge in [0, 0.05) is 15.8 Å². The van der Waals surface area contributed by atoms with E-state index in [9.17, 15) is 4.79 Å². The molecule has 1 aliphatic carbocycles. The summed E-state index contributed by atoms with van der Waals surface area (Å²) in [6, 6.07) is 3.64. The minimum Gasteiger partial charge on any atom is -0.333 e. The highest BCUT2D eigenvalue weighted by atomic mass is 79.9. The van der Waals surface area contributed by atoms with E-state index in [-0.39, 0.29) is 5.91 Å². The Kier molecular flexibility index (Phi) is 3.59. The summed E-state index contributed by atoms with van der Waals surface area (Å²) >= 11 is 6.22. The number of thiophene rings is 2. The van der Waals surface area contributed by atoms with Crippen LogP contribution in [0.3, 0.4) is 0 Å². The molecular weight excluding hydrogens is 386 g/mol. The largest absolute Gasteiger partial charge is 0.333 e. The average molecular weight is 396 g/mol. The van der Waals surface area contributed by atoms with Gasteiger partial charge in [0.25, 0.3) is 11.8 Å². The van der Waals surface area contributed by atoms with Gasteiger partial charge in [0.1, 0.15) is 4.88 Å². The molecule has 3 aromatic rings. The highest BCUT2D eigenvalue weighted by Crippen LogP contribution is 2.40. The molecule has 0 atom stereocenters. The zero-order chi connectivity index (χ0) is 15.1. The van der Waals surface area contributed by atoms with Gasteiger partial charge in [-0.2, -0.15) is 4.98 Å². The van der Waals surface area contributed by atoms with E-state index in [4.69, 9.17) is 4.52 Å². The van der Waals surface area contributed by atoms with Crippen LogP contribution in [0, 0.1) is 0 Å². The molecule has 0 aromatic carbocycles. The number of nitrogens with zero attached hydrogens (tertiary/aromatic N) is 2. The summed E-state index contributed by atoms with van der Waals surface area (Å²) in [4.78, 5) is 18.1. The van der Waals surface area contributed by atoms with Crippen LogP contribution in [0.1, 0.15) is 34.3 Å². The molecule has 0 unspecified atom stereocenters. The molecule has 1 aliphatic rings. The van der Waals surface area contributed by atoms with E-state index in [0.29, 0.717) is 22.4 Å². The second kappa shape index (κ2) is 5.60. The van der Waals surface area contributed by atoms with Crippen molar-refractivity contribution in [1.82, 2.24) is 10.1 Å². The first-order chi connectivity index (χ1) is 10.7. The number of anilines is 1. The van der Waals surface area contributed by atoms with Crippen molar-refractivity contribution in [3.05, 3.63) is 38.1 Å². The Bertz CT molecular complexity index is 835. The Morgan fingerprint density at radius 3 is 3.00 bits per heavy atom. The standard InChI is InChI=1S/C14H10BrN3O2S2/c15-8-5-10(22-6-8)13(19)16-9-3-4-21-11(9)14-17-12(18-20-14)7-1-2-7/h3-7H,1-2H2,(H,16,19). The third-order valence-electron chi connectivity index (χ3n) is 3.28. The van der Waals surface area contributed by atoms with Crippen LogP contribution in [0.15, 0.2) is 31.9 Å². The summed E-state index contributed by atoms with van der Waals surface area (Å²) in [5.74, 6) is 1.54. The van der Waals surface area contributed by atoms with E-state index in [2.05, 4.69) is 31.4 Å². The van der Waals surface area contributed by atoms with Crippen molar-refractivity contribution in [3.8, 4) is 10.8 Å². The molecule has 1 saturated carbocycles. The third kappa shape index (κ3) is 2.73. The summed E-state index contributed by atoms with van der Waals surface area (Å²) < 4.78 is 6.24. The lowest BCUT2D eigenvalue weighted by Crippen LogP contribution is -2.10. The number of carbonyl (C=O) groups is 1. The molecule has 8 heteroatoms. The first-order valence-corrected chi connectivity index (χ1v) is 9.23. The van der Waals surface area contributed by atoms with Crippen molar-refractivity contribution < 1.29 is 9.32 Å². The monoisotopic (exact) mass is 395 g/mol. The SMILES string of the molecule is O=C(Nc1ccsc1-c1nc(C2CC2)no1)c1cc(Br)cs1. The maximum Gasteiger partial charge on any atom is 0.270 e. The summed E-state index contributed by atoms with van der Waals surface area (Å²) in [6.07, 6.45) is 2.25. The summed E-state index contributed by atoms with van der Waals surface area (Å²) in [7, 11) is 0. The van der Waals surface area contributed by atoms with Gasteiger partial charge < -0.3 is 9.84 Å². The maximum atomic E-state index is 12.2. The van der Waals surface area contributed by atoms with Crippen LogP contribution in [-0.4, -0.2) is 16.0 Å². The average Bonchev–Trinajstić information content (AvgIpc) is 2.92. The highest BCUT2D eigenvalue weighted by molar-refractivity contribution is 9.10. The smallest absolute Gasteiger partial charge is 0.270 e. The molecule has 0 saturated heterocycles. The van der Waals surface area contributed by atoms with E-state index in [1.54, 1.807) is 6.07 Å². The van der Waals surface area contributed by atoms with Crippen LogP contribution in [0.5, 0.6) is 0 Å². The number of carbonyl (C=O) groups excluding carboxylic acids is 1. The van der Waals surface area contributed by atoms with Crippen LogP contribution < -0.4 is 5.32 Å². The second-order valence-corrected chi connectivity index (χ2v) is 7.72. The third-order valence-corrected chi connectivity index (χ3v) is 5.88. The van der Waals surface area contributed by atoms with E-state index in [1.165, 1.54) is 22.7 Å². The molecule has 1 N–H and O–H groups in total. The number of halogens is 1. The number of nitrogens with one attached hydrogen (secondary N) is 1. The molecular formula is C14H10BrN3O2S2. The van der Waals surface area contributed by atoms with Gasteiger partial charge >= 0.3 is 0 Å². The minimum atomic E-state index is -0.141. The lowest BCUT2D eigenvalue weighted by atomic mass is 10.3. The fraction of sp³-hybridized carbons (Fsp3) is 0.214. The molecule has 112 valence electrons. The first-order valence-electron chi connectivity index (χ1n) is 6.67. The van der Waals surface area contributed by atoms with Crippen LogP contribution in [0.25, 0.3) is 10.8 Å². The zero-order valence-corrected chi connectivity index (χ0v) is 14.4. The summed E-state index contributed by atoms with van der Waals surface area (Å²) in [5.41, 5.74) is 0.700.